The Balaban J connectivity index is 0. The zero-order valence-corrected chi connectivity index (χ0v) is 17.8. The summed E-state index contributed by atoms with van der Waals surface area (Å²) < 4.78 is 0. The average molecular weight is 366 g/mol. The summed E-state index contributed by atoms with van der Waals surface area (Å²) >= 11 is 0. The van der Waals surface area contributed by atoms with Gasteiger partial charge in [0, 0.05) is 6.42 Å². The van der Waals surface area contributed by atoms with E-state index < -0.39 is 0 Å². The molecule has 0 aromatic rings. The smallest absolute Gasteiger partial charge is 0.217 e. The van der Waals surface area contributed by atoms with Crippen molar-refractivity contribution in [2.75, 3.05) is 0 Å². The van der Waals surface area contributed by atoms with Crippen LogP contribution in [0.4, 0.5) is 0 Å². The minimum atomic E-state index is -0.156. The summed E-state index contributed by atoms with van der Waals surface area (Å²) in [5, 5.41) is 0. The molecule has 2 heteroatoms. The van der Waals surface area contributed by atoms with Gasteiger partial charge in [0.15, 0.2) is 0 Å². The highest BCUT2D eigenvalue weighted by Gasteiger charge is 1.95. The zero-order chi connectivity index (χ0) is 19.7. The van der Waals surface area contributed by atoms with Gasteiger partial charge in [-0.1, -0.05) is 96.1 Å². The number of primary amides is 1. The SMILES string of the molecule is C=C.CCCCCCCC/C=C\CCCCCCCCCCCC(N)=O. The van der Waals surface area contributed by atoms with Gasteiger partial charge in [0.25, 0.3) is 0 Å². The summed E-state index contributed by atoms with van der Waals surface area (Å²) in [6, 6.07) is 0. The molecule has 2 N–H and O–H groups in total. The number of amides is 1. The van der Waals surface area contributed by atoms with Crippen LogP contribution in [0.1, 0.15) is 122 Å². The number of allylic oxidation sites excluding steroid dienone is 2. The van der Waals surface area contributed by atoms with Crippen LogP contribution in [-0.2, 0) is 4.79 Å². The molecule has 26 heavy (non-hydrogen) atoms. The molecule has 0 atom stereocenters. The molecule has 0 saturated heterocycles. The van der Waals surface area contributed by atoms with Crippen molar-refractivity contribution < 1.29 is 4.79 Å². The molecule has 0 bridgehead atoms. The first-order valence-electron chi connectivity index (χ1n) is 11.2. The van der Waals surface area contributed by atoms with Gasteiger partial charge in [0.1, 0.15) is 0 Å². The van der Waals surface area contributed by atoms with Crippen molar-refractivity contribution in [2.45, 2.75) is 122 Å². The Hall–Kier alpha value is -1.05. The van der Waals surface area contributed by atoms with Crippen molar-refractivity contribution in [3.8, 4) is 0 Å². The molecule has 0 spiro atoms. The highest BCUT2D eigenvalue weighted by molar-refractivity contribution is 5.73. The molecular weight excluding hydrogens is 318 g/mol. The van der Waals surface area contributed by atoms with Crippen molar-refractivity contribution in [3.63, 3.8) is 0 Å². The van der Waals surface area contributed by atoms with Crippen molar-refractivity contribution in [1.82, 2.24) is 0 Å². The van der Waals surface area contributed by atoms with Crippen LogP contribution >= 0.6 is 0 Å². The normalized spacial score (nSPS) is 10.7. The highest BCUT2D eigenvalue weighted by atomic mass is 16.1. The third kappa shape index (κ3) is 27.8. The summed E-state index contributed by atoms with van der Waals surface area (Å²) in [5.74, 6) is -0.156. The van der Waals surface area contributed by atoms with E-state index in [1.54, 1.807) is 0 Å². The molecular formula is C24H47NO. The summed E-state index contributed by atoms with van der Waals surface area (Å²) in [7, 11) is 0. The largest absolute Gasteiger partial charge is 0.370 e. The standard InChI is InChI=1S/C22H43NO.C2H4/c1-2-3-4-5-6-7-8-9-10-11-12-13-14-15-16-17-18-19-20-21-22(23)24;1-2/h9-10H,2-8,11-21H2,1H3,(H2,23,24);1-2H2/b10-9-;. The number of nitrogens with two attached hydrogens (primary N) is 1. The fraction of sp³-hybridized carbons (Fsp3) is 0.792. The van der Waals surface area contributed by atoms with Gasteiger partial charge in [-0.05, 0) is 32.1 Å². The first-order valence-corrected chi connectivity index (χ1v) is 11.2. The number of unbranched alkanes of at least 4 members (excludes halogenated alkanes) is 15. The van der Waals surface area contributed by atoms with E-state index in [0.717, 1.165) is 12.8 Å². The van der Waals surface area contributed by atoms with Gasteiger partial charge in [-0.25, -0.2) is 0 Å². The first-order chi connectivity index (χ1) is 12.8. The van der Waals surface area contributed by atoms with Gasteiger partial charge in [-0.3, -0.25) is 4.79 Å². The van der Waals surface area contributed by atoms with Crippen LogP contribution < -0.4 is 5.73 Å². The lowest BCUT2D eigenvalue weighted by Crippen LogP contribution is -2.09. The van der Waals surface area contributed by atoms with Crippen LogP contribution in [0.3, 0.4) is 0 Å². The summed E-state index contributed by atoms with van der Waals surface area (Å²) in [4.78, 5) is 10.6. The Morgan fingerprint density at radius 3 is 1.38 bits per heavy atom. The number of carbonyl (C=O) groups excluding carboxylic acids is 1. The summed E-state index contributed by atoms with van der Waals surface area (Å²) in [6.45, 7) is 8.28. The number of carbonyl (C=O) groups is 1. The third-order valence-electron chi connectivity index (χ3n) is 4.68. The summed E-state index contributed by atoms with van der Waals surface area (Å²) in [6.07, 6.45) is 27.8. The molecule has 0 fully saturated rings. The summed E-state index contributed by atoms with van der Waals surface area (Å²) in [5.41, 5.74) is 5.13. The Morgan fingerprint density at radius 2 is 1.00 bits per heavy atom. The number of rotatable bonds is 19. The lowest BCUT2D eigenvalue weighted by atomic mass is 10.1. The fourth-order valence-electron chi connectivity index (χ4n) is 3.08. The quantitative estimate of drug-likeness (QED) is 0.184. The topological polar surface area (TPSA) is 43.1 Å². The molecule has 0 saturated carbocycles. The predicted molar refractivity (Wildman–Crippen MR) is 118 cm³/mol. The van der Waals surface area contributed by atoms with E-state index in [0.29, 0.717) is 6.42 Å². The Bertz CT molecular complexity index is 299. The third-order valence-corrected chi connectivity index (χ3v) is 4.68. The van der Waals surface area contributed by atoms with Crippen LogP contribution in [0.5, 0.6) is 0 Å². The molecule has 0 aliphatic heterocycles. The predicted octanol–water partition coefficient (Wildman–Crippen LogP) is 7.87. The highest BCUT2D eigenvalue weighted by Crippen LogP contribution is 2.12. The number of hydrogen-bond acceptors (Lipinski definition) is 1. The van der Waals surface area contributed by atoms with Crippen LogP contribution in [0, 0.1) is 0 Å². The molecule has 0 aliphatic carbocycles. The fourth-order valence-corrected chi connectivity index (χ4v) is 3.08. The molecule has 1 amide bonds. The van der Waals surface area contributed by atoms with Crippen molar-refractivity contribution in [1.29, 1.82) is 0 Å². The van der Waals surface area contributed by atoms with Gasteiger partial charge in [-0.15, -0.1) is 13.2 Å². The maximum atomic E-state index is 10.6. The lowest BCUT2D eigenvalue weighted by molar-refractivity contribution is -0.118. The van der Waals surface area contributed by atoms with E-state index in [1.165, 1.54) is 96.3 Å². The Labute approximate surface area is 164 Å². The first kappa shape index (κ1) is 27.2. The molecule has 0 heterocycles. The Morgan fingerprint density at radius 1 is 0.654 bits per heavy atom. The maximum Gasteiger partial charge on any atom is 0.217 e. The van der Waals surface area contributed by atoms with Crippen LogP contribution in [0.2, 0.25) is 0 Å². The second kappa shape index (κ2) is 26.2. The molecule has 154 valence electrons. The Kier molecular flexibility index (Phi) is 27.4. The van der Waals surface area contributed by atoms with E-state index in [9.17, 15) is 4.79 Å². The van der Waals surface area contributed by atoms with Gasteiger partial charge < -0.3 is 5.73 Å². The van der Waals surface area contributed by atoms with Gasteiger partial charge in [-0.2, -0.15) is 0 Å². The molecule has 0 aromatic carbocycles. The van der Waals surface area contributed by atoms with Crippen LogP contribution in [-0.4, -0.2) is 5.91 Å². The van der Waals surface area contributed by atoms with Crippen LogP contribution in [0.15, 0.2) is 25.3 Å². The maximum absolute atomic E-state index is 10.6. The van der Waals surface area contributed by atoms with Gasteiger partial charge in [0.2, 0.25) is 5.91 Å². The van der Waals surface area contributed by atoms with Gasteiger partial charge in [0.05, 0.1) is 0 Å². The number of hydrogen-bond donors (Lipinski definition) is 1. The average Bonchev–Trinajstić information content (AvgIpc) is 2.65. The van der Waals surface area contributed by atoms with E-state index >= 15 is 0 Å². The van der Waals surface area contributed by atoms with E-state index in [4.69, 9.17) is 5.73 Å². The van der Waals surface area contributed by atoms with Gasteiger partial charge >= 0.3 is 0 Å². The second-order valence-electron chi connectivity index (χ2n) is 7.21. The van der Waals surface area contributed by atoms with Crippen LogP contribution in [0.25, 0.3) is 0 Å². The minimum Gasteiger partial charge on any atom is -0.370 e. The van der Waals surface area contributed by atoms with Crippen molar-refractivity contribution in [2.24, 2.45) is 5.73 Å². The minimum absolute atomic E-state index is 0.156. The van der Waals surface area contributed by atoms with Crippen molar-refractivity contribution >= 4 is 5.91 Å². The molecule has 0 aromatic heterocycles. The lowest BCUT2D eigenvalue weighted by Gasteiger charge is -2.01. The zero-order valence-electron chi connectivity index (χ0n) is 17.8. The molecule has 2 nitrogen and oxygen atoms in total. The molecule has 0 radical (unpaired) electrons. The van der Waals surface area contributed by atoms with E-state index in [2.05, 4.69) is 32.2 Å². The van der Waals surface area contributed by atoms with Crippen molar-refractivity contribution in [3.05, 3.63) is 25.3 Å². The molecule has 0 aliphatic rings. The monoisotopic (exact) mass is 365 g/mol. The van der Waals surface area contributed by atoms with E-state index in [-0.39, 0.29) is 5.91 Å². The molecule has 0 rings (SSSR count). The second-order valence-corrected chi connectivity index (χ2v) is 7.21. The van der Waals surface area contributed by atoms with E-state index in [1.807, 2.05) is 0 Å². The molecule has 0 unspecified atom stereocenters.